The third-order valence-corrected chi connectivity index (χ3v) is 1.12. The van der Waals surface area contributed by atoms with Crippen molar-refractivity contribution in [1.29, 1.82) is 0 Å². The number of hydrogen-bond donors (Lipinski definition) is 0. The van der Waals surface area contributed by atoms with Gasteiger partial charge in [-0.25, -0.2) is 0 Å². The summed E-state index contributed by atoms with van der Waals surface area (Å²) in [7, 11) is 0. The lowest BCUT2D eigenvalue weighted by Gasteiger charge is -2.19. The van der Waals surface area contributed by atoms with Crippen LogP contribution in [0.15, 0.2) is 24.2 Å². The Balaban J connectivity index is 4.27. The summed E-state index contributed by atoms with van der Waals surface area (Å²) in [6, 6.07) is -3.24. The molecule has 0 saturated heterocycles. The monoisotopic (exact) mass is 161 g/mol. The molecule has 60 valence electrons. The van der Waals surface area contributed by atoms with E-state index in [2.05, 4.69) is 0 Å². The van der Waals surface area contributed by atoms with Crippen LogP contribution in [0.2, 0.25) is 0 Å². The standard InChI is InChI=1S/C11H16/c1-9-6-5-7-10(8-9)11(2,3)4/h5-8H,1-4H3/i2D3,3D3,4D3,5D,6D,7D,8D. The van der Waals surface area contributed by atoms with Gasteiger partial charge in [-0.3, -0.25) is 0 Å². The minimum Gasteiger partial charge on any atom is -0.0617 e. The third-order valence-electron chi connectivity index (χ3n) is 1.12. The largest absolute Gasteiger partial charge is 0.0629 e. The summed E-state index contributed by atoms with van der Waals surface area (Å²) in [4.78, 5) is 0. The van der Waals surface area contributed by atoms with Crippen LogP contribution in [0.3, 0.4) is 0 Å². The molecule has 0 aliphatic carbocycles. The number of rotatable bonds is 0. The first-order valence-corrected chi connectivity index (χ1v) is 3.00. The van der Waals surface area contributed by atoms with E-state index in [-0.39, 0.29) is 5.56 Å². The highest BCUT2D eigenvalue weighted by molar-refractivity contribution is 5.27. The zero-order valence-corrected chi connectivity index (χ0v) is 6.00. The Morgan fingerprint density at radius 2 is 2.09 bits per heavy atom. The molecule has 0 aliphatic rings. The van der Waals surface area contributed by atoms with E-state index in [1.165, 1.54) is 6.92 Å². The third kappa shape index (κ3) is 2.07. The maximum absolute atomic E-state index is 8.00. The van der Waals surface area contributed by atoms with Gasteiger partial charge in [0.1, 0.15) is 0 Å². The molecule has 0 N–H and O–H groups in total. The molecular weight excluding hydrogens is 132 g/mol. The highest BCUT2D eigenvalue weighted by Gasteiger charge is 2.12. The normalized spacial score (nSPS) is 32.3. The van der Waals surface area contributed by atoms with E-state index in [0.29, 0.717) is 0 Å². The van der Waals surface area contributed by atoms with Gasteiger partial charge in [-0.2, -0.15) is 0 Å². The first-order valence-electron chi connectivity index (χ1n) is 9.50. The molecular formula is C11H16. The summed E-state index contributed by atoms with van der Waals surface area (Å²) in [5, 5.41) is 0. The van der Waals surface area contributed by atoms with Crippen LogP contribution < -0.4 is 0 Å². The lowest BCUT2D eigenvalue weighted by atomic mass is 9.86. The van der Waals surface area contributed by atoms with Gasteiger partial charge in [0, 0.05) is 12.3 Å². The maximum Gasteiger partial charge on any atom is 0.0629 e. The first kappa shape index (κ1) is 1.61. The molecule has 0 aromatic heterocycles. The molecule has 0 nitrogen and oxygen atoms in total. The molecule has 0 unspecified atom stereocenters. The molecule has 0 aliphatic heterocycles. The van der Waals surface area contributed by atoms with Crippen molar-refractivity contribution in [3.63, 3.8) is 0 Å². The average molecular weight is 161 g/mol. The van der Waals surface area contributed by atoms with E-state index < -0.39 is 55.7 Å². The van der Waals surface area contributed by atoms with Crippen LogP contribution in [-0.2, 0) is 5.41 Å². The van der Waals surface area contributed by atoms with E-state index in [9.17, 15) is 0 Å². The van der Waals surface area contributed by atoms with E-state index >= 15 is 0 Å². The van der Waals surface area contributed by atoms with Gasteiger partial charge in [0.15, 0.2) is 0 Å². The van der Waals surface area contributed by atoms with Crippen molar-refractivity contribution < 1.29 is 17.8 Å². The zero-order chi connectivity index (χ0) is 19.5. The van der Waals surface area contributed by atoms with Gasteiger partial charge in [0.05, 0.1) is 5.48 Å². The van der Waals surface area contributed by atoms with Crippen LogP contribution in [0.1, 0.15) is 49.5 Å². The van der Waals surface area contributed by atoms with Gasteiger partial charge in [-0.15, -0.1) is 0 Å². The molecule has 1 aromatic rings. The van der Waals surface area contributed by atoms with Crippen molar-refractivity contribution in [2.24, 2.45) is 0 Å². The SMILES string of the molecule is [2H]c1c([2H])c(C)c([2H])c(C(C([2H])([2H])[2H])(C([2H])([2H])[2H])C([2H])([2H])[2H])c1[2H]. The lowest BCUT2D eigenvalue weighted by Crippen LogP contribution is -2.10. The van der Waals surface area contributed by atoms with E-state index in [0.717, 1.165) is 0 Å². The Morgan fingerprint density at radius 1 is 1.36 bits per heavy atom. The van der Waals surface area contributed by atoms with Gasteiger partial charge in [0.2, 0.25) is 0 Å². The topological polar surface area (TPSA) is 0 Å². The van der Waals surface area contributed by atoms with Gasteiger partial charge >= 0.3 is 0 Å². The zero-order valence-electron chi connectivity index (χ0n) is 19.0. The molecule has 0 bridgehead atoms. The Kier molecular flexibility index (Phi) is 0.394. The molecule has 0 spiro atoms. The second-order valence-corrected chi connectivity index (χ2v) is 2.25. The lowest BCUT2D eigenvalue weighted by molar-refractivity contribution is 0.590. The molecule has 1 aromatic carbocycles. The Labute approximate surface area is 87.5 Å². The fourth-order valence-electron chi connectivity index (χ4n) is 0.625. The minimum atomic E-state index is -3.61. The van der Waals surface area contributed by atoms with E-state index in [4.69, 9.17) is 17.8 Å². The summed E-state index contributed by atoms with van der Waals surface area (Å²) in [6.07, 6.45) is 0. The van der Waals surface area contributed by atoms with Gasteiger partial charge in [-0.1, -0.05) is 50.3 Å². The van der Waals surface area contributed by atoms with Crippen LogP contribution in [0.4, 0.5) is 0 Å². The summed E-state index contributed by atoms with van der Waals surface area (Å²) in [6.45, 7) is -9.67. The van der Waals surface area contributed by atoms with Crippen molar-refractivity contribution in [2.45, 2.75) is 32.9 Å². The van der Waals surface area contributed by atoms with Crippen molar-refractivity contribution >= 4 is 0 Å². The fraction of sp³-hybridized carbons (Fsp3) is 0.455. The molecule has 0 heterocycles. The second kappa shape index (κ2) is 2.69. The molecule has 0 amide bonds. The predicted molar refractivity (Wildman–Crippen MR) is 49.9 cm³/mol. The summed E-state index contributed by atoms with van der Waals surface area (Å²) >= 11 is 0. The van der Waals surface area contributed by atoms with Gasteiger partial charge in [-0.05, 0) is 17.9 Å². The van der Waals surface area contributed by atoms with Crippen LogP contribution in [0, 0.1) is 6.92 Å². The van der Waals surface area contributed by atoms with Crippen LogP contribution >= 0.6 is 0 Å². The average Bonchev–Trinajstić information content (AvgIpc) is 2.34. The smallest absolute Gasteiger partial charge is 0.0617 e. The molecule has 0 saturated carbocycles. The molecule has 1 rings (SSSR count). The summed E-state index contributed by atoms with van der Waals surface area (Å²) < 4.78 is 99.8. The summed E-state index contributed by atoms with van der Waals surface area (Å²) in [5.41, 5.74) is -4.84. The van der Waals surface area contributed by atoms with Crippen molar-refractivity contribution in [2.75, 3.05) is 0 Å². The van der Waals surface area contributed by atoms with Crippen LogP contribution in [-0.4, -0.2) is 0 Å². The first-order chi connectivity index (χ1) is 10.4. The van der Waals surface area contributed by atoms with Crippen molar-refractivity contribution in [3.05, 3.63) is 35.3 Å². The van der Waals surface area contributed by atoms with Crippen LogP contribution in [0.5, 0.6) is 0 Å². The molecule has 0 heteroatoms. The van der Waals surface area contributed by atoms with E-state index in [1.54, 1.807) is 0 Å². The maximum atomic E-state index is 8.00. The highest BCUT2D eigenvalue weighted by Crippen LogP contribution is 2.22. The Morgan fingerprint density at radius 3 is 2.73 bits per heavy atom. The number of benzene rings is 1. The molecule has 0 fully saturated rings. The van der Waals surface area contributed by atoms with E-state index in [1.807, 2.05) is 0 Å². The molecule has 0 atom stereocenters. The minimum absolute atomic E-state index is 0.256. The summed E-state index contributed by atoms with van der Waals surface area (Å²) in [5.74, 6) is 0. The van der Waals surface area contributed by atoms with Crippen molar-refractivity contribution in [3.8, 4) is 0 Å². The van der Waals surface area contributed by atoms with Gasteiger partial charge < -0.3 is 0 Å². The molecule has 0 radical (unpaired) electrons. The predicted octanol–water partition coefficient (Wildman–Crippen LogP) is 3.29. The van der Waals surface area contributed by atoms with Gasteiger partial charge in [0.25, 0.3) is 0 Å². The Hall–Kier alpha value is -0.780. The number of hydrogen-bond acceptors (Lipinski definition) is 0. The molecule has 11 heavy (non-hydrogen) atoms. The quantitative estimate of drug-likeness (QED) is 0.548. The highest BCUT2D eigenvalue weighted by atomic mass is 14.2. The fourth-order valence-corrected chi connectivity index (χ4v) is 0.625. The van der Waals surface area contributed by atoms with Crippen molar-refractivity contribution in [1.82, 2.24) is 0 Å². The van der Waals surface area contributed by atoms with Crippen LogP contribution in [0.25, 0.3) is 0 Å². The Bertz CT molecular complexity index is 581. The second-order valence-electron chi connectivity index (χ2n) is 2.25.